The van der Waals surface area contributed by atoms with Gasteiger partial charge in [0.2, 0.25) is 0 Å². The summed E-state index contributed by atoms with van der Waals surface area (Å²) in [6.07, 6.45) is 0. The van der Waals surface area contributed by atoms with E-state index in [2.05, 4.69) is 115 Å². The fourth-order valence-corrected chi connectivity index (χ4v) is 7.39. The van der Waals surface area contributed by atoms with E-state index in [-0.39, 0.29) is 0 Å². The largest absolute Gasteiger partial charge is 0.456 e. The normalized spacial score (nSPS) is 11.4. The molecule has 0 saturated carbocycles. The number of hydrogen-bond donors (Lipinski definition) is 0. The van der Waals surface area contributed by atoms with Crippen LogP contribution in [0.25, 0.3) is 99.9 Å². The van der Waals surface area contributed by atoms with E-state index in [1.807, 2.05) is 60.7 Å². The van der Waals surface area contributed by atoms with Gasteiger partial charge in [0.25, 0.3) is 0 Å². The molecule has 5 heteroatoms. The van der Waals surface area contributed by atoms with Crippen LogP contribution < -0.4 is 0 Å². The Balaban J connectivity index is 1.18. The van der Waals surface area contributed by atoms with Crippen molar-refractivity contribution in [3.05, 3.63) is 175 Å². The minimum Gasteiger partial charge on any atom is -0.456 e. The molecule has 0 radical (unpaired) electrons. The molecule has 10 rings (SSSR count). The van der Waals surface area contributed by atoms with Crippen LogP contribution in [0.15, 0.2) is 174 Å². The second-order valence-corrected chi connectivity index (χ2v) is 13.1. The molecule has 53 heavy (non-hydrogen) atoms. The van der Waals surface area contributed by atoms with Crippen molar-refractivity contribution in [2.45, 2.75) is 0 Å². The standard InChI is InChI=1S/C48H28N4O/c49-29-30-20-22-31(23-21-30)33-13-8-14-35(26-33)46-50-47(52-48(51-46)42-27-34-12-4-5-15-37(34)39-16-6-7-17-40(39)42)36-24-25-41-44(28-36)53-43-19-9-18-38(45(41)43)32-10-2-1-3-11-32/h1-28H. The van der Waals surface area contributed by atoms with Gasteiger partial charge in [-0.25, -0.2) is 15.0 Å². The van der Waals surface area contributed by atoms with Crippen LogP contribution in [-0.2, 0) is 0 Å². The predicted octanol–water partition coefficient (Wildman–Crippen LogP) is 12.3. The molecule has 0 aliphatic rings. The number of fused-ring (bicyclic) bond motifs is 6. The first-order valence-corrected chi connectivity index (χ1v) is 17.5. The van der Waals surface area contributed by atoms with Gasteiger partial charge in [-0.15, -0.1) is 0 Å². The van der Waals surface area contributed by atoms with Gasteiger partial charge in [-0.2, -0.15) is 5.26 Å². The summed E-state index contributed by atoms with van der Waals surface area (Å²) in [7, 11) is 0. The highest BCUT2D eigenvalue weighted by molar-refractivity contribution is 6.14. The Morgan fingerprint density at radius 2 is 1.04 bits per heavy atom. The van der Waals surface area contributed by atoms with Gasteiger partial charge >= 0.3 is 0 Å². The van der Waals surface area contributed by atoms with E-state index in [0.717, 1.165) is 77.0 Å². The Bertz CT molecular complexity index is 3070. The maximum Gasteiger partial charge on any atom is 0.164 e. The van der Waals surface area contributed by atoms with Crippen LogP contribution >= 0.6 is 0 Å². The minimum atomic E-state index is 0.552. The zero-order valence-electron chi connectivity index (χ0n) is 28.4. The molecule has 0 aliphatic heterocycles. The lowest BCUT2D eigenvalue weighted by Crippen LogP contribution is -2.01. The van der Waals surface area contributed by atoms with Gasteiger partial charge in [0, 0.05) is 27.5 Å². The molecule has 0 fully saturated rings. The number of rotatable bonds is 5. The van der Waals surface area contributed by atoms with E-state index in [1.165, 1.54) is 5.39 Å². The zero-order chi connectivity index (χ0) is 35.3. The second-order valence-electron chi connectivity index (χ2n) is 13.1. The molecule has 2 aromatic heterocycles. The summed E-state index contributed by atoms with van der Waals surface area (Å²) in [5.74, 6) is 1.71. The molecule has 0 bridgehead atoms. The van der Waals surface area contributed by atoms with Crippen LogP contribution in [0.4, 0.5) is 0 Å². The SMILES string of the molecule is N#Cc1ccc(-c2cccc(-c3nc(-c4ccc5c(c4)oc4cccc(-c6ccccc6)c45)nc(-c4cc5ccccc5c5ccccc45)n3)c2)cc1. The maximum absolute atomic E-state index is 9.33. The Morgan fingerprint density at radius 1 is 0.396 bits per heavy atom. The summed E-state index contributed by atoms with van der Waals surface area (Å²) in [6.45, 7) is 0. The fraction of sp³-hybridized carbons (Fsp3) is 0. The van der Waals surface area contributed by atoms with Crippen molar-refractivity contribution in [3.63, 3.8) is 0 Å². The van der Waals surface area contributed by atoms with Crippen molar-refractivity contribution in [1.29, 1.82) is 5.26 Å². The first-order chi connectivity index (χ1) is 26.2. The van der Waals surface area contributed by atoms with Crippen molar-refractivity contribution in [3.8, 4) is 62.5 Å². The third-order valence-corrected chi connectivity index (χ3v) is 9.95. The summed E-state index contributed by atoms with van der Waals surface area (Å²) >= 11 is 0. The number of nitriles is 1. The average molecular weight is 677 g/mol. The first kappa shape index (κ1) is 30.4. The quantitative estimate of drug-likeness (QED) is 0.170. The highest BCUT2D eigenvalue weighted by Gasteiger charge is 2.18. The predicted molar refractivity (Wildman–Crippen MR) is 214 cm³/mol. The summed E-state index contributed by atoms with van der Waals surface area (Å²) in [6, 6.07) is 59.9. The molecule has 5 nitrogen and oxygen atoms in total. The van der Waals surface area contributed by atoms with Crippen LogP contribution in [0.2, 0.25) is 0 Å². The number of nitrogens with zero attached hydrogens (tertiary/aromatic N) is 4. The minimum absolute atomic E-state index is 0.552. The highest BCUT2D eigenvalue weighted by Crippen LogP contribution is 2.39. The molecule has 8 aromatic carbocycles. The van der Waals surface area contributed by atoms with Crippen LogP contribution in [0.5, 0.6) is 0 Å². The van der Waals surface area contributed by atoms with Gasteiger partial charge in [0.15, 0.2) is 17.5 Å². The topological polar surface area (TPSA) is 75.6 Å². The van der Waals surface area contributed by atoms with Crippen molar-refractivity contribution < 1.29 is 4.42 Å². The van der Waals surface area contributed by atoms with E-state index < -0.39 is 0 Å². The smallest absolute Gasteiger partial charge is 0.164 e. The van der Waals surface area contributed by atoms with Gasteiger partial charge in [-0.05, 0) is 86.3 Å². The summed E-state index contributed by atoms with van der Waals surface area (Å²) in [5.41, 5.74) is 9.13. The number of furan rings is 1. The van der Waals surface area contributed by atoms with Crippen molar-refractivity contribution >= 4 is 43.5 Å². The Kier molecular flexibility index (Phi) is 7.12. The molecule has 246 valence electrons. The maximum atomic E-state index is 9.33. The van der Waals surface area contributed by atoms with E-state index in [1.54, 1.807) is 0 Å². The van der Waals surface area contributed by atoms with E-state index >= 15 is 0 Å². The molecule has 10 aromatic rings. The Labute approximate surface area is 305 Å². The number of benzene rings is 8. The van der Waals surface area contributed by atoms with Gasteiger partial charge in [0.05, 0.1) is 11.6 Å². The average Bonchev–Trinajstić information content (AvgIpc) is 3.62. The molecular formula is C48H28N4O. The van der Waals surface area contributed by atoms with Crippen LogP contribution in [0, 0.1) is 11.3 Å². The lowest BCUT2D eigenvalue weighted by atomic mass is 9.96. The van der Waals surface area contributed by atoms with E-state index in [9.17, 15) is 5.26 Å². The van der Waals surface area contributed by atoms with Crippen LogP contribution in [-0.4, -0.2) is 15.0 Å². The van der Waals surface area contributed by atoms with Crippen LogP contribution in [0.1, 0.15) is 5.56 Å². The summed E-state index contributed by atoms with van der Waals surface area (Å²) < 4.78 is 6.50. The highest BCUT2D eigenvalue weighted by atomic mass is 16.3. The molecule has 0 unspecified atom stereocenters. The molecule has 0 N–H and O–H groups in total. The van der Waals surface area contributed by atoms with Gasteiger partial charge in [0.1, 0.15) is 11.2 Å². The van der Waals surface area contributed by atoms with Gasteiger partial charge in [-0.3, -0.25) is 0 Å². The first-order valence-electron chi connectivity index (χ1n) is 17.5. The summed E-state index contributed by atoms with van der Waals surface area (Å²) in [4.78, 5) is 15.5. The molecular weight excluding hydrogens is 649 g/mol. The lowest BCUT2D eigenvalue weighted by molar-refractivity contribution is 0.669. The zero-order valence-corrected chi connectivity index (χ0v) is 28.4. The molecule has 0 atom stereocenters. The monoisotopic (exact) mass is 676 g/mol. The van der Waals surface area contributed by atoms with Gasteiger partial charge < -0.3 is 4.42 Å². The summed E-state index contributed by atoms with van der Waals surface area (Å²) in [5, 5.41) is 16.0. The third-order valence-electron chi connectivity index (χ3n) is 9.95. The van der Waals surface area contributed by atoms with Gasteiger partial charge in [-0.1, -0.05) is 127 Å². The number of hydrogen-bond acceptors (Lipinski definition) is 5. The molecule has 0 spiro atoms. The van der Waals surface area contributed by atoms with Crippen molar-refractivity contribution in [1.82, 2.24) is 15.0 Å². The molecule has 0 amide bonds. The fourth-order valence-electron chi connectivity index (χ4n) is 7.39. The van der Waals surface area contributed by atoms with Crippen molar-refractivity contribution in [2.24, 2.45) is 0 Å². The third kappa shape index (κ3) is 5.29. The Morgan fingerprint density at radius 3 is 1.85 bits per heavy atom. The Hall–Kier alpha value is -7.42. The number of aromatic nitrogens is 3. The second kappa shape index (κ2) is 12.4. The lowest BCUT2D eigenvalue weighted by Gasteiger charge is -2.13. The van der Waals surface area contributed by atoms with E-state index in [0.29, 0.717) is 23.0 Å². The van der Waals surface area contributed by atoms with E-state index in [4.69, 9.17) is 19.4 Å². The van der Waals surface area contributed by atoms with Crippen molar-refractivity contribution in [2.75, 3.05) is 0 Å². The molecule has 0 saturated heterocycles. The molecule has 0 aliphatic carbocycles. The van der Waals surface area contributed by atoms with Crippen LogP contribution in [0.3, 0.4) is 0 Å². The molecule has 2 heterocycles.